The highest BCUT2D eigenvalue weighted by atomic mass is 32.2. The van der Waals surface area contributed by atoms with Crippen LogP contribution in [0, 0.1) is 11.3 Å². The first-order valence-corrected chi connectivity index (χ1v) is 6.98. The van der Waals surface area contributed by atoms with E-state index in [0.717, 1.165) is 29.8 Å². The zero-order valence-electron chi connectivity index (χ0n) is 10.3. The monoisotopic (exact) mass is 271 g/mol. The molecule has 2 aromatic rings. The van der Waals surface area contributed by atoms with Crippen LogP contribution in [0.1, 0.15) is 16.8 Å². The molecule has 0 atom stereocenters. The highest BCUT2D eigenvalue weighted by molar-refractivity contribution is 7.99. The Hall–Kier alpha value is -2.06. The van der Waals surface area contributed by atoms with Crippen LogP contribution in [0.5, 0.6) is 0 Å². The number of benzene rings is 1. The molecule has 0 spiro atoms. The SMILES string of the molecule is N#Cc1ccc(Cn2cncc2CSCC=O)cc1. The average molecular weight is 271 g/mol. The summed E-state index contributed by atoms with van der Waals surface area (Å²) in [7, 11) is 0. The van der Waals surface area contributed by atoms with Crippen molar-refractivity contribution in [2.75, 3.05) is 5.75 Å². The number of thioether (sulfide) groups is 1. The lowest BCUT2D eigenvalue weighted by Crippen LogP contribution is -2.02. The van der Waals surface area contributed by atoms with Crippen LogP contribution in [0.15, 0.2) is 36.8 Å². The predicted molar refractivity (Wildman–Crippen MR) is 74.7 cm³/mol. The maximum Gasteiger partial charge on any atom is 0.129 e. The van der Waals surface area contributed by atoms with E-state index in [4.69, 9.17) is 5.26 Å². The number of carbonyl (C=O) groups excluding carboxylic acids is 1. The number of hydrogen-bond donors (Lipinski definition) is 0. The molecule has 0 saturated carbocycles. The fraction of sp³-hybridized carbons (Fsp3) is 0.214. The summed E-state index contributed by atoms with van der Waals surface area (Å²) >= 11 is 1.57. The van der Waals surface area contributed by atoms with Gasteiger partial charge >= 0.3 is 0 Å². The highest BCUT2D eigenvalue weighted by Gasteiger charge is 2.03. The van der Waals surface area contributed by atoms with Crippen molar-refractivity contribution in [3.63, 3.8) is 0 Å². The first kappa shape index (κ1) is 13.4. The number of aromatic nitrogens is 2. The maximum absolute atomic E-state index is 10.3. The van der Waals surface area contributed by atoms with Gasteiger partial charge in [0.15, 0.2) is 0 Å². The van der Waals surface area contributed by atoms with E-state index in [1.54, 1.807) is 18.1 Å². The second-order valence-electron chi connectivity index (χ2n) is 4.00. The lowest BCUT2D eigenvalue weighted by Gasteiger charge is -2.07. The van der Waals surface area contributed by atoms with Crippen molar-refractivity contribution < 1.29 is 4.79 Å². The van der Waals surface area contributed by atoms with Gasteiger partial charge < -0.3 is 9.36 Å². The molecule has 4 nitrogen and oxygen atoms in total. The average Bonchev–Trinajstić information content (AvgIpc) is 2.87. The Kier molecular flexibility index (Phi) is 4.76. The summed E-state index contributed by atoms with van der Waals surface area (Å²) in [6, 6.07) is 9.62. The fourth-order valence-electron chi connectivity index (χ4n) is 1.70. The van der Waals surface area contributed by atoms with Gasteiger partial charge in [0, 0.05) is 29.9 Å². The van der Waals surface area contributed by atoms with Gasteiger partial charge in [-0.25, -0.2) is 4.98 Å². The molecule has 0 saturated heterocycles. The Bertz CT molecular complexity index is 583. The minimum atomic E-state index is 0.502. The molecule has 0 aliphatic carbocycles. The van der Waals surface area contributed by atoms with Crippen molar-refractivity contribution >= 4 is 18.0 Å². The van der Waals surface area contributed by atoms with E-state index in [1.165, 1.54) is 0 Å². The van der Waals surface area contributed by atoms with E-state index in [0.29, 0.717) is 11.3 Å². The Balaban J connectivity index is 2.04. The van der Waals surface area contributed by atoms with Gasteiger partial charge in [-0.3, -0.25) is 0 Å². The van der Waals surface area contributed by atoms with Crippen LogP contribution in [0.25, 0.3) is 0 Å². The van der Waals surface area contributed by atoms with Crippen LogP contribution >= 0.6 is 11.8 Å². The maximum atomic E-state index is 10.3. The molecule has 0 fully saturated rings. The van der Waals surface area contributed by atoms with Gasteiger partial charge in [0.2, 0.25) is 0 Å². The predicted octanol–water partition coefficient (Wildman–Crippen LogP) is 2.24. The molecule has 0 aliphatic rings. The zero-order valence-corrected chi connectivity index (χ0v) is 11.1. The van der Waals surface area contributed by atoms with Crippen LogP contribution < -0.4 is 0 Å². The highest BCUT2D eigenvalue weighted by Crippen LogP contribution is 2.13. The van der Waals surface area contributed by atoms with Gasteiger partial charge in [0.1, 0.15) is 6.29 Å². The summed E-state index contributed by atoms with van der Waals surface area (Å²) in [6.45, 7) is 0.725. The second-order valence-corrected chi connectivity index (χ2v) is 5.03. The normalized spacial score (nSPS) is 10.1. The molecule has 0 N–H and O–H groups in total. The molecule has 0 radical (unpaired) electrons. The van der Waals surface area contributed by atoms with Crippen molar-refractivity contribution in [3.8, 4) is 6.07 Å². The van der Waals surface area contributed by atoms with E-state index in [2.05, 4.69) is 15.6 Å². The number of nitrogens with zero attached hydrogens (tertiary/aromatic N) is 3. The minimum absolute atomic E-state index is 0.502. The van der Waals surface area contributed by atoms with Crippen LogP contribution in [0.3, 0.4) is 0 Å². The van der Waals surface area contributed by atoms with Gasteiger partial charge in [-0.05, 0) is 17.7 Å². The lowest BCUT2D eigenvalue weighted by molar-refractivity contribution is -0.105. The largest absolute Gasteiger partial charge is 0.329 e. The summed E-state index contributed by atoms with van der Waals surface area (Å²) in [5, 5.41) is 8.75. The Labute approximate surface area is 116 Å². The van der Waals surface area contributed by atoms with Crippen LogP contribution in [0.2, 0.25) is 0 Å². The third-order valence-corrected chi connectivity index (χ3v) is 3.54. The number of rotatable bonds is 6. The van der Waals surface area contributed by atoms with Gasteiger partial charge in [0.25, 0.3) is 0 Å². The Morgan fingerprint density at radius 1 is 1.37 bits per heavy atom. The van der Waals surface area contributed by atoms with Crippen LogP contribution in [0.4, 0.5) is 0 Å². The summed E-state index contributed by atoms with van der Waals surface area (Å²) in [5.41, 5.74) is 2.88. The van der Waals surface area contributed by atoms with E-state index in [-0.39, 0.29) is 0 Å². The molecule has 1 heterocycles. The topological polar surface area (TPSA) is 58.7 Å². The zero-order chi connectivity index (χ0) is 13.5. The quantitative estimate of drug-likeness (QED) is 0.597. The van der Waals surface area contributed by atoms with Crippen molar-refractivity contribution in [3.05, 3.63) is 53.6 Å². The first-order chi connectivity index (χ1) is 9.33. The van der Waals surface area contributed by atoms with Crippen molar-refractivity contribution in [1.82, 2.24) is 9.55 Å². The molecule has 2 rings (SSSR count). The molecule has 0 amide bonds. The second kappa shape index (κ2) is 6.76. The van der Waals surface area contributed by atoms with Gasteiger partial charge in [-0.15, -0.1) is 11.8 Å². The van der Waals surface area contributed by atoms with Crippen molar-refractivity contribution in [1.29, 1.82) is 5.26 Å². The number of hydrogen-bond acceptors (Lipinski definition) is 4. The fourth-order valence-corrected chi connectivity index (χ4v) is 2.37. The summed E-state index contributed by atoms with van der Waals surface area (Å²) in [4.78, 5) is 14.4. The third kappa shape index (κ3) is 3.70. The number of carbonyl (C=O) groups is 1. The van der Waals surface area contributed by atoms with E-state index >= 15 is 0 Å². The first-order valence-electron chi connectivity index (χ1n) is 5.83. The number of aldehydes is 1. The molecule has 96 valence electrons. The van der Waals surface area contributed by atoms with Crippen LogP contribution in [-0.4, -0.2) is 21.6 Å². The molecule has 19 heavy (non-hydrogen) atoms. The number of nitriles is 1. The summed E-state index contributed by atoms with van der Waals surface area (Å²) < 4.78 is 2.05. The number of imidazole rings is 1. The van der Waals surface area contributed by atoms with Gasteiger partial charge in [-0.1, -0.05) is 12.1 Å². The molecule has 0 bridgehead atoms. The van der Waals surface area contributed by atoms with Gasteiger partial charge in [0.05, 0.1) is 18.0 Å². The van der Waals surface area contributed by atoms with Gasteiger partial charge in [-0.2, -0.15) is 5.26 Å². The van der Waals surface area contributed by atoms with Crippen LogP contribution in [-0.2, 0) is 17.1 Å². The molecule has 0 aliphatic heterocycles. The third-order valence-electron chi connectivity index (χ3n) is 2.67. The molecule has 0 unspecified atom stereocenters. The van der Waals surface area contributed by atoms with Crippen molar-refractivity contribution in [2.45, 2.75) is 12.3 Å². The van der Waals surface area contributed by atoms with E-state index in [9.17, 15) is 4.79 Å². The molecular weight excluding hydrogens is 258 g/mol. The molecular formula is C14H13N3OS. The minimum Gasteiger partial charge on any atom is -0.329 e. The Morgan fingerprint density at radius 2 is 2.16 bits per heavy atom. The smallest absolute Gasteiger partial charge is 0.129 e. The van der Waals surface area contributed by atoms with E-state index in [1.807, 2.05) is 30.5 Å². The molecule has 1 aromatic carbocycles. The van der Waals surface area contributed by atoms with E-state index < -0.39 is 0 Å². The van der Waals surface area contributed by atoms with Crippen molar-refractivity contribution in [2.24, 2.45) is 0 Å². The summed E-state index contributed by atoms with van der Waals surface area (Å²) in [6.07, 6.45) is 4.52. The Morgan fingerprint density at radius 3 is 2.84 bits per heavy atom. The molecule has 1 aromatic heterocycles. The molecule has 5 heteroatoms. The summed E-state index contributed by atoms with van der Waals surface area (Å²) in [5.74, 6) is 1.27. The standard InChI is InChI=1S/C14H13N3OS/c15-7-12-1-3-13(4-2-12)9-17-11-16-8-14(17)10-19-6-5-18/h1-5,8,11H,6,9-10H2. The lowest BCUT2D eigenvalue weighted by atomic mass is 10.1.